The summed E-state index contributed by atoms with van der Waals surface area (Å²) in [6.07, 6.45) is 2.10. The summed E-state index contributed by atoms with van der Waals surface area (Å²) in [5.41, 5.74) is 4.67. The number of hydrogen-bond donors (Lipinski definition) is 1. The molecule has 4 rings (SSSR count). The number of benzene rings is 1. The van der Waals surface area contributed by atoms with Crippen LogP contribution in [0, 0.1) is 0 Å². The highest BCUT2D eigenvalue weighted by Gasteiger charge is 2.19. The maximum Gasteiger partial charge on any atom is 0.246 e. The first kappa shape index (κ1) is 17.8. The van der Waals surface area contributed by atoms with Crippen LogP contribution in [0.2, 0.25) is 0 Å². The zero-order valence-corrected chi connectivity index (χ0v) is 15.8. The van der Waals surface area contributed by atoms with Crippen LogP contribution in [0.1, 0.15) is 17.0 Å². The van der Waals surface area contributed by atoms with Gasteiger partial charge in [-0.3, -0.25) is 14.4 Å². The standard InChI is InChI=1S/C20H25N5O2/c1-23-6-5-16-4-3-15(9-19(16)23)12-24-7-8-25-18(13-24)10-17(22-25)11-21-20(26)14-27-2/h3-6,9-10H,7-8,11-14H2,1-2H3,(H,21,26). The van der Waals surface area contributed by atoms with E-state index in [1.54, 1.807) is 0 Å². The normalized spacial score (nSPS) is 14.4. The van der Waals surface area contributed by atoms with Gasteiger partial charge < -0.3 is 14.6 Å². The first-order valence-corrected chi connectivity index (χ1v) is 9.20. The second-order valence-corrected chi connectivity index (χ2v) is 7.09. The van der Waals surface area contributed by atoms with Gasteiger partial charge in [0, 0.05) is 45.5 Å². The van der Waals surface area contributed by atoms with Crippen molar-refractivity contribution < 1.29 is 9.53 Å². The summed E-state index contributed by atoms with van der Waals surface area (Å²) in [5.74, 6) is -0.124. The predicted molar refractivity (Wildman–Crippen MR) is 103 cm³/mol. The minimum absolute atomic E-state index is 0.0762. The van der Waals surface area contributed by atoms with Crippen LogP contribution in [0.5, 0.6) is 0 Å². The molecular weight excluding hydrogens is 342 g/mol. The molecule has 1 N–H and O–H groups in total. The maximum absolute atomic E-state index is 11.5. The van der Waals surface area contributed by atoms with Crippen molar-refractivity contribution in [1.29, 1.82) is 0 Å². The molecule has 0 radical (unpaired) electrons. The minimum Gasteiger partial charge on any atom is -0.375 e. The molecule has 0 atom stereocenters. The summed E-state index contributed by atoms with van der Waals surface area (Å²) in [7, 11) is 3.59. The average molecular weight is 367 g/mol. The number of rotatable bonds is 6. The Balaban J connectivity index is 1.40. The molecule has 0 unspecified atom stereocenters. The fraction of sp³-hybridized carbons (Fsp3) is 0.400. The SMILES string of the molecule is COCC(=O)NCc1cc2n(n1)CCN(Cc1ccc3ccn(C)c3c1)C2. The van der Waals surface area contributed by atoms with Crippen molar-refractivity contribution >= 4 is 16.8 Å². The van der Waals surface area contributed by atoms with Crippen molar-refractivity contribution in [3.63, 3.8) is 0 Å². The monoisotopic (exact) mass is 367 g/mol. The lowest BCUT2D eigenvalue weighted by atomic mass is 10.1. The highest BCUT2D eigenvalue weighted by atomic mass is 16.5. The van der Waals surface area contributed by atoms with Gasteiger partial charge in [-0.2, -0.15) is 5.10 Å². The lowest BCUT2D eigenvalue weighted by Crippen LogP contribution is -2.33. The summed E-state index contributed by atoms with van der Waals surface area (Å²) in [5, 5.41) is 8.70. The summed E-state index contributed by atoms with van der Waals surface area (Å²) >= 11 is 0. The molecule has 3 heterocycles. The number of aryl methyl sites for hydroxylation is 1. The number of ether oxygens (including phenoxy) is 1. The highest BCUT2D eigenvalue weighted by Crippen LogP contribution is 2.20. The third-order valence-electron chi connectivity index (χ3n) is 5.03. The second kappa shape index (κ2) is 7.54. The molecule has 1 aliphatic rings. The molecular formula is C20H25N5O2. The van der Waals surface area contributed by atoms with Crippen molar-refractivity contribution in [2.24, 2.45) is 7.05 Å². The van der Waals surface area contributed by atoms with Crippen molar-refractivity contribution in [3.8, 4) is 0 Å². The molecule has 0 bridgehead atoms. The Labute approximate surface area is 158 Å². The van der Waals surface area contributed by atoms with E-state index in [4.69, 9.17) is 4.74 Å². The van der Waals surface area contributed by atoms with Crippen molar-refractivity contribution in [2.75, 3.05) is 20.3 Å². The topological polar surface area (TPSA) is 64.3 Å². The van der Waals surface area contributed by atoms with Gasteiger partial charge in [0.25, 0.3) is 0 Å². The number of nitrogens with zero attached hydrogens (tertiary/aromatic N) is 4. The number of aromatic nitrogens is 3. The van der Waals surface area contributed by atoms with Gasteiger partial charge in [0.2, 0.25) is 5.91 Å². The summed E-state index contributed by atoms with van der Waals surface area (Å²) in [6.45, 7) is 4.14. The van der Waals surface area contributed by atoms with E-state index in [0.29, 0.717) is 6.54 Å². The fourth-order valence-electron chi connectivity index (χ4n) is 3.64. The average Bonchev–Trinajstić information content (AvgIpc) is 3.23. The van der Waals surface area contributed by atoms with Gasteiger partial charge in [-0.05, 0) is 29.1 Å². The Hall–Kier alpha value is -2.64. The molecule has 1 aromatic carbocycles. The van der Waals surface area contributed by atoms with Crippen LogP contribution in [0.3, 0.4) is 0 Å². The molecule has 3 aromatic rings. The molecule has 0 fully saturated rings. The van der Waals surface area contributed by atoms with Gasteiger partial charge in [0.05, 0.1) is 24.5 Å². The number of hydrogen-bond acceptors (Lipinski definition) is 4. The van der Waals surface area contributed by atoms with E-state index >= 15 is 0 Å². The third-order valence-corrected chi connectivity index (χ3v) is 5.03. The largest absolute Gasteiger partial charge is 0.375 e. The smallest absolute Gasteiger partial charge is 0.246 e. The lowest BCUT2D eigenvalue weighted by Gasteiger charge is -2.27. The number of carbonyl (C=O) groups is 1. The highest BCUT2D eigenvalue weighted by molar-refractivity contribution is 5.80. The molecule has 1 aliphatic heterocycles. The zero-order chi connectivity index (χ0) is 18.8. The Morgan fingerprint density at radius 3 is 3.00 bits per heavy atom. The van der Waals surface area contributed by atoms with Gasteiger partial charge in [-0.25, -0.2) is 0 Å². The first-order valence-electron chi connectivity index (χ1n) is 9.20. The number of nitrogens with one attached hydrogen (secondary N) is 1. The van der Waals surface area contributed by atoms with Gasteiger partial charge in [0.1, 0.15) is 6.61 Å². The summed E-state index contributed by atoms with van der Waals surface area (Å²) in [6, 6.07) is 10.9. The van der Waals surface area contributed by atoms with Gasteiger partial charge in [0.15, 0.2) is 0 Å². The van der Waals surface area contributed by atoms with E-state index in [0.717, 1.165) is 31.9 Å². The predicted octanol–water partition coefficient (Wildman–Crippen LogP) is 1.65. The molecule has 0 spiro atoms. The van der Waals surface area contributed by atoms with E-state index in [1.807, 2.05) is 0 Å². The van der Waals surface area contributed by atoms with E-state index in [2.05, 4.69) is 68.1 Å². The van der Waals surface area contributed by atoms with Crippen LogP contribution in [0.25, 0.3) is 10.9 Å². The maximum atomic E-state index is 11.5. The van der Waals surface area contributed by atoms with E-state index in [9.17, 15) is 4.79 Å². The number of amides is 1. The van der Waals surface area contributed by atoms with E-state index in [1.165, 1.54) is 29.3 Å². The molecule has 7 heteroatoms. The van der Waals surface area contributed by atoms with Crippen molar-refractivity contribution in [1.82, 2.24) is 24.6 Å². The molecule has 0 saturated heterocycles. The van der Waals surface area contributed by atoms with Gasteiger partial charge >= 0.3 is 0 Å². The van der Waals surface area contributed by atoms with Crippen LogP contribution in [0.15, 0.2) is 36.5 Å². The Morgan fingerprint density at radius 2 is 2.15 bits per heavy atom. The quantitative estimate of drug-likeness (QED) is 0.720. The Bertz CT molecular complexity index is 959. The molecule has 1 amide bonds. The number of carbonyl (C=O) groups excluding carboxylic acids is 1. The van der Waals surface area contributed by atoms with E-state index < -0.39 is 0 Å². The molecule has 0 saturated carbocycles. The van der Waals surface area contributed by atoms with Crippen molar-refractivity contribution in [2.45, 2.75) is 26.2 Å². The molecule has 2 aromatic heterocycles. The molecule has 0 aliphatic carbocycles. The zero-order valence-electron chi connectivity index (χ0n) is 15.8. The minimum atomic E-state index is -0.124. The summed E-state index contributed by atoms with van der Waals surface area (Å²) < 4.78 is 9.04. The van der Waals surface area contributed by atoms with Crippen LogP contribution in [0.4, 0.5) is 0 Å². The number of fused-ring (bicyclic) bond motifs is 2. The molecule has 7 nitrogen and oxygen atoms in total. The first-order chi connectivity index (χ1) is 13.1. The second-order valence-electron chi connectivity index (χ2n) is 7.09. The fourth-order valence-corrected chi connectivity index (χ4v) is 3.64. The van der Waals surface area contributed by atoms with Crippen LogP contribution in [-0.2, 0) is 42.8 Å². The molecule has 142 valence electrons. The van der Waals surface area contributed by atoms with Gasteiger partial charge in [-0.15, -0.1) is 0 Å². The Morgan fingerprint density at radius 1 is 1.26 bits per heavy atom. The number of methoxy groups -OCH3 is 1. The van der Waals surface area contributed by atoms with E-state index in [-0.39, 0.29) is 12.5 Å². The van der Waals surface area contributed by atoms with Crippen LogP contribution in [-0.4, -0.2) is 45.4 Å². The Kier molecular flexibility index (Phi) is 4.96. The van der Waals surface area contributed by atoms with Crippen LogP contribution >= 0.6 is 0 Å². The van der Waals surface area contributed by atoms with Crippen LogP contribution < -0.4 is 5.32 Å². The molecule has 27 heavy (non-hydrogen) atoms. The van der Waals surface area contributed by atoms with Crippen molar-refractivity contribution in [3.05, 3.63) is 53.5 Å². The lowest BCUT2D eigenvalue weighted by molar-refractivity contribution is -0.124. The summed E-state index contributed by atoms with van der Waals surface area (Å²) in [4.78, 5) is 14.0. The third kappa shape index (κ3) is 3.89. The van der Waals surface area contributed by atoms with Gasteiger partial charge in [-0.1, -0.05) is 12.1 Å².